The van der Waals surface area contributed by atoms with E-state index in [1.54, 1.807) is 30.2 Å². The Balaban J connectivity index is 1.79. The molecule has 1 aliphatic heterocycles. The third kappa shape index (κ3) is 5.22. The highest BCUT2D eigenvalue weighted by atomic mass is 35.5. The SMILES string of the molecule is CCCCOc1ccc(C2c3c(oc4ccc(Cl)cc4c3=O)C(=O)N2CCCOC(C)C)cc1OC. The van der Waals surface area contributed by atoms with E-state index < -0.39 is 6.04 Å². The summed E-state index contributed by atoms with van der Waals surface area (Å²) in [5, 5.41) is 0.768. The zero-order chi connectivity index (χ0) is 25.8. The van der Waals surface area contributed by atoms with Gasteiger partial charge in [0.05, 0.1) is 36.8 Å². The Morgan fingerprint density at radius 3 is 2.58 bits per heavy atom. The molecular formula is C28H32ClNO6. The predicted molar refractivity (Wildman–Crippen MR) is 139 cm³/mol. The van der Waals surface area contributed by atoms with Crippen molar-refractivity contribution in [2.75, 3.05) is 26.9 Å². The molecule has 36 heavy (non-hydrogen) atoms. The summed E-state index contributed by atoms with van der Waals surface area (Å²) in [4.78, 5) is 28.9. The van der Waals surface area contributed by atoms with E-state index in [1.165, 1.54) is 0 Å². The van der Waals surface area contributed by atoms with Gasteiger partial charge in [0, 0.05) is 18.2 Å². The molecule has 2 aromatic carbocycles. The quantitative estimate of drug-likeness (QED) is 0.293. The van der Waals surface area contributed by atoms with Crippen molar-refractivity contribution in [3.8, 4) is 11.5 Å². The second-order valence-corrected chi connectivity index (χ2v) is 9.54. The summed E-state index contributed by atoms with van der Waals surface area (Å²) in [7, 11) is 1.57. The van der Waals surface area contributed by atoms with Gasteiger partial charge < -0.3 is 23.5 Å². The molecule has 1 atom stereocenters. The lowest BCUT2D eigenvalue weighted by atomic mass is 9.98. The van der Waals surface area contributed by atoms with E-state index >= 15 is 0 Å². The van der Waals surface area contributed by atoms with Gasteiger partial charge in [0.1, 0.15) is 5.58 Å². The summed E-state index contributed by atoms with van der Waals surface area (Å²) >= 11 is 6.17. The van der Waals surface area contributed by atoms with Crippen LogP contribution in [0.3, 0.4) is 0 Å². The largest absolute Gasteiger partial charge is 0.493 e. The molecule has 1 aliphatic rings. The number of carbonyl (C=O) groups excluding carboxylic acids is 1. The van der Waals surface area contributed by atoms with Crippen molar-refractivity contribution in [3.63, 3.8) is 0 Å². The van der Waals surface area contributed by atoms with Crippen LogP contribution in [0.4, 0.5) is 0 Å². The van der Waals surface area contributed by atoms with Crippen molar-refractivity contribution < 1.29 is 23.4 Å². The highest BCUT2D eigenvalue weighted by Crippen LogP contribution is 2.41. The topological polar surface area (TPSA) is 78.2 Å². The summed E-state index contributed by atoms with van der Waals surface area (Å²) in [6, 6.07) is 9.72. The number of carbonyl (C=O) groups is 1. The molecular weight excluding hydrogens is 482 g/mol. The van der Waals surface area contributed by atoms with Crippen LogP contribution >= 0.6 is 11.6 Å². The Bertz CT molecular complexity index is 1300. The van der Waals surface area contributed by atoms with Gasteiger partial charge in [-0.25, -0.2) is 0 Å². The normalized spacial score (nSPS) is 15.1. The fourth-order valence-electron chi connectivity index (χ4n) is 4.42. The minimum absolute atomic E-state index is 0.0619. The second-order valence-electron chi connectivity index (χ2n) is 9.10. The van der Waals surface area contributed by atoms with Crippen LogP contribution in [0.15, 0.2) is 45.6 Å². The first-order valence-corrected chi connectivity index (χ1v) is 12.7. The molecule has 0 N–H and O–H groups in total. The van der Waals surface area contributed by atoms with Gasteiger partial charge in [-0.2, -0.15) is 0 Å². The average Bonchev–Trinajstić information content (AvgIpc) is 3.14. The number of hydrogen-bond donors (Lipinski definition) is 0. The van der Waals surface area contributed by atoms with Crippen LogP contribution in [0, 0.1) is 0 Å². The van der Waals surface area contributed by atoms with Crippen LogP contribution in [-0.4, -0.2) is 43.8 Å². The maximum atomic E-state index is 13.7. The summed E-state index contributed by atoms with van der Waals surface area (Å²) < 4.78 is 23.1. The van der Waals surface area contributed by atoms with Gasteiger partial charge in [-0.1, -0.05) is 31.0 Å². The molecule has 0 spiro atoms. The number of unbranched alkanes of at least 4 members (excludes halogenated alkanes) is 1. The summed E-state index contributed by atoms with van der Waals surface area (Å²) in [6.07, 6.45) is 2.65. The van der Waals surface area contributed by atoms with E-state index in [0.717, 1.165) is 18.4 Å². The minimum Gasteiger partial charge on any atom is -0.493 e. The van der Waals surface area contributed by atoms with E-state index in [2.05, 4.69) is 6.92 Å². The van der Waals surface area contributed by atoms with Crippen molar-refractivity contribution in [2.45, 2.75) is 52.2 Å². The summed E-state index contributed by atoms with van der Waals surface area (Å²) in [6.45, 7) is 7.51. The fourth-order valence-corrected chi connectivity index (χ4v) is 4.60. The van der Waals surface area contributed by atoms with Crippen molar-refractivity contribution >= 4 is 28.5 Å². The molecule has 0 bridgehead atoms. The van der Waals surface area contributed by atoms with Crippen LogP contribution in [0.25, 0.3) is 11.0 Å². The molecule has 192 valence electrons. The van der Waals surface area contributed by atoms with E-state index in [0.29, 0.717) is 59.2 Å². The molecule has 0 saturated carbocycles. The first kappa shape index (κ1) is 26.0. The molecule has 2 heterocycles. The van der Waals surface area contributed by atoms with Gasteiger partial charge in [0.15, 0.2) is 16.9 Å². The molecule has 1 aromatic heterocycles. The highest BCUT2D eigenvalue weighted by Gasteiger charge is 2.42. The third-order valence-corrected chi connectivity index (χ3v) is 6.42. The number of hydrogen-bond acceptors (Lipinski definition) is 6. The summed E-state index contributed by atoms with van der Waals surface area (Å²) in [5.74, 6) is 0.900. The first-order chi connectivity index (χ1) is 17.3. The van der Waals surface area contributed by atoms with E-state index in [9.17, 15) is 9.59 Å². The molecule has 8 heteroatoms. The lowest BCUT2D eigenvalue weighted by molar-refractivity contribution is 0.0593. The Kier molecular flexibility index (Phi) is 8.21. The second kappa shape index (κ2) is 11.4. The van der Waals surface area contributed by atoms with Crippen LogP contribution in [-0.2, 0) is 4.74 Å². The van der Waals surface area contributed by atoms with Gasteiger partial charge in [-0.05, 0) is 62.6 Å². The van der Waals surface area contributed by atoms with Crippen LogP contribution < -0.4 is 14.9 Å². The fraction of sp³-hybridized carbons (Fsp3) is 0.429. The van der Waals surface area contributed by atoms with Crippen LogP contribution in [0.2, 0.25) is 5.02 Å². The lowest BCUT2D eigenvalue weighted by Gasteiger charge is -2.26. The molecule has 1 amide bonds. The average molecular weight is 514 g/mol. The molecule has 0 fully saturated rings. The molecule has 7 nitrogen and oxygen atoms in total. The van der Waals surface area contributed by atoms with E-state index in [1.807, 2.05) is 32.0 Å². The third-order valence-electron chi connectivity index (χ3n) is 6.18. The Morgan fingerprint density at radius 1 is 1.06 bits per heavy atom. The Labute approximate surface area is 215 Å². The number of methoxy groups -OCH3 is 1. The zero-order valence-corrected chi connectivity index (χ0v) is 21.9. The number of benzene rings is 2. The van der Waals surface area contributed by atoms with Crippen molar-refractivity contribution in [1.82, 2.24) is 4.90 Å². The molecule has 1 unspecified atom stereocenters. The molecule has 0 aliphatic carbocycles. The van der Waals surface area contributed by atoms with E-state index in [4.69, 9.17) is 30.2 Å². The minimum atomic E-state index is -0.634. The van der Waals surface area contributed by atoms with Crippen molar-refractivity contribution in [1.29, 1.82) is 0 Å². The van der Waals surface area contributed by atoms with Gasteiger partial charge in [0.25, 0.3) is 5.91 Å². The van der Waals surface area contributed by atoms with Gasteiger partial charge >= 0.3 is 0 Å². The number of nitrogens with zero attached hydrogens (tertiary/aromatic N) is 1. The maximum absolute atomic E-state index is 13.7. The monoisotopic (exact) mass is 513 g/mol. The Hall–Kier alpha value is -3.03. The Morgan fingerprint density at radius 2 is 1.86 bits per heavy atom. The number of fused-ring (bicyclic) bond motifs is 2. The van der Waals surface area contributed by atoms with Crippen molar-refractivity contribution in [3.05, 3.63) is 68.5 Å². The highest BCUT2D eigenvalue weighted by molar-refractivity contribution is 6.31. The van der Waals surface area contributed by atoms with Gasteiger partial charge in [0.2, 0.25) is 5.76 Å². The maximum Gasteiger partial charge on any atom is 0.290 e. The molecule has 3 aromatic rings. The number of amides is 1. The van der Waals surface area contributed by atoms with Crippen molar-refractivity contribution in [2.24, 2.45) is 0 Å². The number of halogens is 1. The molecule has 4 rings (SSSR count). The van der Waals surface area contributed by atoms with Crippen LogP contribution in [0.1, 0.15) is 67.8 Å². The zero-order valence-electron chi connectivity index (χ0n) is 21.1. The molecule has 0 radical (unpaired) electrons. The van der Waals surface area contributed by atoms with E-state index in [-0.39, 0.29) is 23.2 Å². The molecule has 0 saturated heterocycles. The number of rotatable bonds is 11. The predicted octanol–water partition coefficient (Wildman–Crippen LogP) is 5.99. The van der Waals surface area contributed by atoms with Gasteiger partial charge in [-0.15, -0.1) is 0 Å². The standard InChI is InChI=1S/C28H32ClNO6/c1-5-6-13-35-22-10-8-18(15-23(22)33-4)25-24-26(31)20-16-19(29)9-11-21(20)36-27(24)28(32)30(25)12-7-14-34-17(2)3/h8-11,15-17,25H,5-7,12-14H2,1-4H3. The van der Waals surface area contributed by atoms with Crippen LogP contribution in [0.5, 0.6) is 11.5 Å². The lowest BCUT2D eigenvalue weighted by Crippen LogP contribution is -2.31. The first-order valence-electron chi connectivity index (χ1n) is 12.3. The van der Waals surface area contributed by atoms with Gasteiger partial charge in [-0.3, -0.25) is 9.59 Å². The number of ether oxygens (including phenoxy) is 3. The summed E-state index contributed by atoms with van der Waals surface area (Å²) in [5.41, 5.74) is 1.11. The smallest absolute Gasteiger partial charge is 0.290 e.